The van der Waals surface area contributed by atoms with Gasteiger partial charge >= 0.3 is 0 Å². The van der Waals surface area contributed by atoms with Crippen LogP contribution in [0.2, 0.25) is 0 Å². The van der Waals surface area contributed by atoms with E-state index in [1.807, 2.05) is 23.1 Å². The van der Waals surface area contributed by atoms with Gasteiger partial charge in [-0.3, -0.25) is 4.79 Å². The van der Waals surface area contributed by atoms with Crippen molar-refractivity contribution in [2.45, 2.75) is 44.1 Å². The fourth-order valence-electron chi connectivity index (χ4n) is 5.61. The molecule has 1 amide bonds. The number of benzene rings is 3. The maximum atomic E-state index is 14.2. The van der Waals surface area contributed by atoms with Crippen LogP contribution in [-0.2, 0) is 28.3 Å². The van der Waals surface area contributed by atoms with Gasteiger partial charge in [0.05, 0.1) is 12.5 Å². The number of halogens is 2. The summed E-state index contributed by atoms with van der Waals surface area (Å²) in [6, 6.07) is 17.1. The first kappa shape index (κ1) is 20.8. The molecule has 2 heterocycles. The predicted molar refractivity (Wildman–Crippen MR) is 121 cm³/mol. The molecule has 2 aliphatic heterocycles. The summed E-state index contributed by atoms with van der Waals surface area (Å²) in [5, 5.41) is 5.64. The predicted octanol–water partition coefficient (Wildman–Crippen LogP) is 4.64. The highest BCUT2D eigenvalue weighted by Gasteiger charge is 2.53. The Balaban J connectivity index is 1.37. The zero-order chi connectivity index (χ0) is 22.6. The molecule has 2 fully saturated rings. The van der Waals surface area contributed by atoms with Crippen molar-refractivity contribution in [3.05, 3.63) is 82.9 Å². The molecule has 6 rings (SSSR count). The summed E-state index contributed by atoms with van der Waals surface area (Å²) >= 11 is 0. The molecule has 3 aliphatic rings. The molecule has 0 aromatic heterocycles. The van der Waals surface area contributed by atoms with Crippen LogP contribution < -0.4 is 5.32 Å². The van der Waals surface area contributed by atoms with Crippen LogP contribution >= 0.6 is 0 Å². The molecule has 6 heteroatoms. The first-order chi connectivity index (χ1) is 16.1. The molecule has 1 saturated carbocycles. The molecule has 1 unspecified atom stereocenters. The molecule has 1 spiro atoms. The van der Waals surface area contributed by atoms with Crippen LogP contribution in [0.5, 0.6) is 0 Å². The van der Waals surface area contributed by atoms with E-state index >= 15 is 0 Å². The van der Waals surface area contributed by atoms with Crippen LogP contribution in [0.15, 0.2) is 54.6 Å². The monoisotopic (exact) mass is 448 g/mol. The third kappa shape index (κ3) is 3.44. The molecule has 3 aromatic carbocycles. The van der Waals surface area contributed by atoms with Crippen LogP contribution in [0.25, 0.3) is 10.8 Å². The van der Waals surface area contributed by atoms with Gasteiger partial charge in [0.2, 0.25) is 5.91 Å². The molecule has 1 N–H and O–H groups in total. The molecule has 3 aromatic rings. The van der Waals surface area contributed by atoms with Crippen molar-refractivity contribution >= 4 is 16.7 Å². The van der Waals surface area contributed by atoms with Crippen LogP contribution in [0.4, 0.5) is 8.78 Å². The lowest BCUT2D eigenvalue weighted by Crippen LogP contribution is -2.55. The van der Waals surface area contributed by atoms with E-state index in [9.17, 15) is 13.6 Å². The second kappa shape index (κ2) is 7.89. The van der Waals surface area contributed by atoms with Crippen molar-refractivity contribution < 1.29 is 18.3 Å². The quantitative estimate of drug-likeness (QED) is 0.632. The number of carbonyl (C=O) groups excluding carboxylic acids is 1. The van der Waals surface area contributed by atoms with Crippen molar-refractivity contribution in [2.75, 3.05) is 13.1 Å². The third-order valence-corrected chi connectivity index (χ3v) is 7.46. The van der Waals surface area contributed by atoms with Crippen LogP contribution in [0, 0.1) is 17.6 Å². The van der Waals surface area contributed by atoms with Gasteiger partial charge in [-0.1, -0.05) is 42.5 Å². The smallest absolute Gasteiger partial charge is 0.230 e. The van der Waals surface area contributed by atoms with Gasteiger partial charge in [-0.2, -0.15) is 0 Å². The summed E-state index contributed by atoms with van der Waals surface area (Å²) in [5.41, 5.74) is 1.47. The zero-order valence-corrected chi connectivity index (χ0v) is 18.3. The number of hydrogen-bond acceptors (Lipinski definition) is 3. The fraction of sp³-hybridized carbons (Fsp3) is 0.370. The number of ether oxygens (including phenoxy) is 1. The van der Waals surface area contributed by atoms with E-state index < -0.39 is 23.2 Å². The van der Waals surface area contributed by atoms with Gasteiger partial charge in [0, 0.05) is 19.1 Å². The second-order valence-corrected chi connectivity index (χ2v) is 9.44. The van der Waals surface area contributed by atoms with Gasteiger partial charge in [-0.15, -0.1) is 0 Å². The van der Waals surface area contributed by atoms with Gasteiger partial charge in [0.25, 0.3) is 0 Å². The molecular formula is C27H26F2N2O2. The number of carbonyl (C=O) groups is 1. The second-order valence-electron chi connectivity index (χ2n) is 9.44. The fourth-order valence-corrected chi connectivity index (χ4v) is 5.61. The maximum absolute atomic E-state index is 14.2. The highest BCUT2D eigenvalue weighted by molar-refractivity contribution is 5.87. The first-order valence-electron chi connectivity index (χ1n) is 11.7. The Bertz CT molecular complexity index is 1240. The molecular weight excluding hydrogens is 422 g/mol. The number of nitrogens with zero attached hydrogens (tertiary/aromatic N) is 1. The van der Waals surface area contributed by atoms with Gasteiger partial charge in [0.1, 0.15) is 5.60 Å². The Morgan fingerprint density at radius 2 is 1.88 bits per heavy atom. The summed E-state index contributed by atoms with van der Waals surface area (Å²) in [6.07, 6.45) is 2.52. The van der Waals surface area contributed by atoms with E-state index in [2.05, 4.69) is 29.6 Å². The van der Waals surface area contributed by atoms with E-state index in [0.29, 0.717) is 37.2 Å². The number of rotatable bonds is 4. The maximum Gasteiger partial charge on any atom is 0.230 e. The Hall–Kier alpha value is -2.83. The Labute approximate surface area is 191 Å². The lowest BCUT2D eigenvalue weighted by molar-refractivity contribution is -0.157. The van der Waals surface area contributed by atoms with Gasteiger partial charge in [-0.25, -0.2) is 8.78 Å². The van der Waals surface area contributed by atoms with Gasteiger partial charge in [-0.05, 0) is 65.4 Å². The van der Waals surface area contributed by atoms with E-state index in [-0.39, 0.29) is 18.6 Å². The van der Waals surface area contributed by atoms with E-state index in [1.165, 1.54) is 12.1 Å². The topological polar surface area (TPSA) is 41.6 Å². The summed E-state index contributed by atoms with van der Waals surface area (Å²) in [4.78, 5) is 16.1. The van der Waals surface area contributed by atoms with E-state index in [0.717, 1.165) is 29.2 Å². The van der Waals surface area contributed by atoms with Gasteiger partial charge in [0.15, 0.2) is 11.6 Å². The highest BCUT2D eigenvalue weighted by atomic mass is 19.2. The van der Waals surface area contributed by atoms with Crippen LogP contribution in [-0.4, -0.2) is 29.9 Å². The molecule has 0 radical (unpaired) electrons. The molecule has 33 heavy (non-hydrogen) atoms. The molecule has 170 valence electrons. The number of nitrogens with one attached hydrogen (secondary N) is 1. The van der Waals surface area contributed by atoms with Gasteiger partial charge < -0.3 is 15.0 Å². The number of piperidine rings is 1. The number of fused-ring (bicyclic) bond motifs is 3. The van der Waals surface area contributed by atoms with Crippen molar-refractivity contribution in [2.24, 2.45) is 5.92 Å². The normalized spacial score (nSPS) is 24.2. The molecule has 4 nitrogen and oxygen atoms in total. The lowest BCUT2D eigenvalue weighted by atomic mass is 9.75. The summed E-state index contributed by atoms with van der Waals surface area (Å²) in [7, 11) is 0. The minimum absolute atomic E-state index is 0.0233. The molecule has 1 saturated heterocycles. The summed E-state index contributed by atoms with van der Waals surface area (Å²) in [5.74, 6) is -2.23. The van der Waals surface area contributed by atoms with Crippen molar-refractivity contribution in [1.29, 1.82) is 0 Å². The first-order valence-corrected chi connectivity index (χ1v) is 11.7. The lowest BCUT2D eigenvalue weighted by Gasteiger charge is -2.43. The Morgan fingerprint density at radius 3 is 2.73 bits per heavy atom. The largest absolute Gasteiger partial charge is 0.365 e. The van der Waals surface area contributed by atoms with E-state index in [4.69, 9.17) is 4.74 Å². The Kier molecular flexibility index (Phi) is 4.96. The van der Waals surface area contributed by atoms with Crippen LogP contribution in [0.1, 0.15) is 36.0 Å². The van der Waals surface area contributed by atoms with Crippen molar-refractivity contribution in [1.82, 2.24) is 10.2 Å². The summed E-state index contributed by atoms with van der Waals surface area (Å²) in [6.45, 7) is 1.84. The molecule has 0 bridgehead atoms. The third-order valence-electron chi connectivity index (χ3n) is 7.46. The van der Waals surface area contributed by atoms with Crippen LogP contribution in [0.3, 0.4) is 0 Å². The van der Waals surface area contributed by atoms with E-state index in [1.54, 1.807) is 0 Å². The highest BCUT2D eigenvalue weighted by Crippen LogP contribution is 2.48. The molecule has 1 aliphatic carbocycles. The minimum Gasteiger partial charge on any atom is -0.365 e. The zero-order valence-electron chi connectivity index (χ0n) is 18.3. The summed E-state index contributed by atoms with van der Waals surface area (Å²) < 4.78 is 34.4. The average Bonchev–Trinajstić information content (AvgIpc) is 3.63. The molecule has 2 atom stereocenters. The SMILES string of the molecule is O=C(C1CNCC[C@@]12OCc1cc(F)c(F)cc12)N(Cc1cccc2ccccc12)C1CC1. The number of hydrogen-bond donors (Lipinski definition) is 1. The van der Waals surface area contributed by atoms with Crippen molar-refractivity contribution in [3.8, 4) is 0 Å². The average molecular weight is 449 g/mol. The number of amides is 1. The van der Waals surface area contributed by atoms with Crippen molar-refractivity contribution in [3.63, 3.8) is 0 Å². The standard InChI is InChI=1S/C27H26F2N2O2/c28-24-12-19-16-33-27(22(19)13-25(24)29)10-11-30-14-23(27)26(32)31(20-8-9-20)15-18-6-3-5-17-4-1-2-7-21(17)18/h1-7,12-13,20,23,30H,8-11,14-16H2/t23?,27-/m0/s1. The Morgan fingerprint density at radius 1 is 1.09 bits per heavy atom. The minimum atomic E-state index is -0.919.